The number of hydrogen-bond acceptors (Lipinski definition) is 3. The Hall–Kier alpha value is -1.70. The van der Waals surface area contributed by atoms with Gasteiger partial charge in [-0.25, -0.2) is 9.37 Å². The summed E-state index contributed by atoms with van der Waals surface area (Å²) < 4.78 is 14.2. The van der Waals surface area contributed by atoms with Crippen LogP contribution < -0.4 is 10.6 Å². The van der Waals surface area contributed by atoms with Gasteiger partial charge in [-0.15, -0.1) is 0 Å². The van der Waals surface area contributed by atoms with Gasteiger partial charge in [0, 0.05) is 16.3 Å². The predicted octanol–water partition coefficient (Wildman–Crippen LogP) is 3.12. The SMILES string of the molecule is CNc1ncc(F)cc1C(=O)Nc1ccc(I)cc1. The first-order chi connectivity index (χ1) is 9.10. The Morgan fingerprint density at radius 1 is 1.32 bits per heavy atom. The molecule has 2 rings (SSSR count). The molecule has 1 aromatic carbocycles. The van der Waals surface area contributed by atoms with Crippen molar-refractivity contribution >= 4 is 40.0 Å². The maximum absolute atomic E-state index is 13.2. The molecule has 0 unspecified atom stereocenters. The maximum Gasteiger partial charge on any atom is 0.259 e. The van der Waals surface area contributed by atoms with Crippen LogP contribution in [0.5, 0.6) is 0 Å². The van der Waals surface area contributed by atoms with Gasteiger partial charge in [-0.2, -0.15) is 0 Å². The van der Waals surface area contributed by atoms with Crippen LogP contribution in [-0.2, 0) is 0 Å². The van der Waals surface area contributed by atoms with Crippen molar-refractivity contribution in [3.05, 3.63) is 51.5 Å². The Morgan fingerprint density at radius 2 is 2.00 bits per heavy atom. The molecule has 2 aromatic rings. The van der Waals surface area contributed by atoms with Crippen molar-refractivity contribution in [2.24, 2.45) is 0 Å². The van der Waals surface area contributed by atoms with E-state index in [0.29, 0.717) is 11.5 Å². The molecule has 2 N–H and O–H groups in total. The van der Waals surface area contributed by atoms with Crippen LogP contribution in [0.4, 0.5) is 15.9 Å². The van der Waals surface area contributed by atoms with Crippen LogP contribution in [0.15, 0.2) is 36.5 Å². The van der Waals surface area contributed by atoms with Crippen molar-refractivity contribution in [3.63, 3.8) is 0 Å². The van der Waals surface area contributed by atoms with Gasteiger partial charge in [-0.1, -0.05) is 0 Å². The largest absolute Gasteiger partial charge is 0.372 e. The van der Waals surface area contributed by atoms with E-state index >= 15 is 0 Å². The molecule has 0 bridgehead atoms. The number of hydrogen-bond donors (Lipinski definition) is 2. The lowest BCUT2D eigenvalue weighted by Crippen LogP contribution is -2.15. The van der Waals surface area contributed by atoms with Gasteiger partial charge >= 0.3 is 0 Å². The fourth-order valence-electron chi connectivity index (χ4n) is 1.54. The third-order valence-corrected chi connectivity index (χ3v) is 3.16. The topological polar surface area (TPSA) is 54.0 Å². The zero-order chi connectivity index (χ0) is 13.8. The lowest BCUT2D eigenvalue weighted by molar-refractivity contribution is 0.102. The summed E-state index contributed by atoms with van der Waals surface area (Å²) in [4.78, 5) is 15.9. The predicted molar refractivity (Wildman–Crippen MR) is 80.9 cm³/mol. The summed E-state index contributed by atoms with van der Waals surface area (Å²) in [6, 6.07) is 8.47. The number of anilines is 2. The Kier molecular flexibility index (Phi) is 4.31. The van der Waals surface area contributed by atoms with Crippen molar-refractivity contribution in [1.82, 2.24) is 4.98 Å². The van der Waals surface area contributed by atoms with Gasteiger partial charge in [0.15, 0.2) is 0 Å². The molecule has 19 heavy (non-hydrogen) atoms. The number of carbonyl (C=O) groups excluding carboxylic acids is 1. The highest BCUT2D eigenvalue weighted by Gasteiger charge is 2.13. The molecule has 4 nitrogen and oxygen atoms in total. The van der Waals surface area contributed by atoms with Crippen LogP contribution in [-0.4, -0.2) is 17.9 Å². The molecule has 1 heterocycles. The van der Waals surface area contributed by atoms with E-state index in [2.05, 4.69) is 38.2 Å². The standard InChI is InChI=1S/C13H11FIN3O/c1-16-12-11(6-8(14)7-17-12)13(19)18-10-4-2-9(15)3-5-10/h2-7H,1H3,(H,16,17)(H,18,19). The second-order valence-corrected chi connectivity index (χ2v) is 5.01. The highest BCUT2D eigenvalue weighted by Crippen LogP contribution is 2.17. The van der Waals surface area contributed by atoms with Crippen molar-refractivity contribution in [2.45, 2.75) is 0 Å². The second-order valence-electron chi connectivity index (χ2n) is 3.76. The zero-order valence-corrected chi connectivity index (χ0v) is 12.2. The Balaban J connectivity index is 2.24. The number of rotatable bonds is 3. The molecule has 0 aliphatic heterocycles. The molecule has 0 fully saturated rings. The van der Waals surface area contributed by atoms with Crippen LogP contribution in [0.2, 0.25) is 0 Å². The molecule has 0 atom stereocenters. The zero-order valence-electron chi connectivity index (χ0n) is 10.1. The van der Waals surface area contributed by atoms with E-state index in [-0.39, 0.29) is 5.56 Å². The van der Waals surface area contributed by atoms with Gasteiger partial charge in [0.25, 0.3) is 5.91 Å². The monoisotopic (exact) mass is 371 g/mol. The minimum absolute atomic E-state index is 0.168. The lowest BCUT2D eigenvalue weighted by Gasteiger charge is -2.09. The van der Waals surface area contributed by atoms with E-state index < -0.39 is 11.7 Å². The smallest absolute Gasteiger partial charge is 0.259 e. The number of aromatic nitrogens is 1. The van der Waals surface area contributed by atoms with E-state index in [1.165, 1.54) is 0 Å². The summed E-state index contributed by atoms with van der Waals surface area (Å²) in [5, 5.41) is 5.46. The van der Waals surface area contributed by atoms with Crippen molar-refractivity contribution in [2.75, 3.05) is 17.7 Å². The fraction of sp³-hybridized carbons (Fsp3) is 0.0769. The van der Waals surface area contributed by atoms with E-state index in [9.17, 15) is 9.18 Å². The average Bonchev–Trinajstić information content (AvgIpc) is 2.41. The van der Waals surface area contributed by atoms with Crippen LogP contribution in [0.25, 0.3) is 0 Å². The lowest BCUT2D eigenvalue weighted by atomic mass is 10.2. The molecule has 98 valence electrons. The first-order valence-corrected chi connectivity index (χ1v) is 6.58. The summed E-state index contributed by atoms with van der Waals surface area (Å²) >= 11 is 2.18. The molecule has 0 aliphatic carbocycles. The van der Waals surface area contributed by atoms with Gasteiger partial charge in [0.2, 0.25) is 0 Å². The molecule has 1 amide bonds. The van der Waals surface area contributed by atoms with Crippen molar-refractivity contribution in [1.29, 1.82) is 0 Å². The number of amides is 1. The van der Waals surface area contributed by atoms with Crippen molar-refractivity contribution < 1.29 is 9.18 Å². The summed E-state index contributed by atoms with van der Waals surface area (Å²) in [7, 11) is 1.63. The number of halogens is 2. The molecule has 1 aromatic heterocycles. The molecule has 0 radical (unpaired) electrons. The summed E-state index contributed by atoms with van der Waals surface area (Å²) in [5.41, 5.74) is 0.817. The second kappa shape index (κ2) is 5.96. The molecular formula is C13H11FIN3O. The first-order valence-electron chi connectivity index (χ1n) is 5.50. The average molecular weight is 371 g/mol. The highest BCUT2D eigenvalue weighted by atomic mass is 127. The molecule has 0 aliphatic rings. The summed E-state index contributed by atoms with van der Waals surface area (Å²) in [5.74, 6) is -0.617. The van der Waals surface area contributed by atoms with Gasteiger partial charge < -0.3 is 10.6 Å². The fourth-order valence-corrected chi connectivity index (χ4v) is 1.90. The third kappa shape index (κ3) is 3.40. The molecule has 0 saturated heterocycles. The molecule has 6 heteroatoms. The van der Waals surface area contributed by atoms with E-state index in [1.54, 1.807) is 19.2 Å². The number of carbonyl (C=O) groups is 1. The minimum atomic E-state index is -0.549. The molecule has 0 saturated carbocycles. The van der Waals surface area contributed by atoms with E-state index in [1.807, 2.05) is 12.1 Å². The molecule has 0 spiro atoms. The number of benzene rings is 1. The third-order valence-electron chi connectivity index (χ3n) is 2.44. The van der Waals surface area contributed by atoms with Crippen molar-refractivity contribution in [3.8, 4) is 0 Å². The van der Waals surface area contributed by atoms with Crippen LogP contribution in [0.1, 0.15) is 10.4 Å². The number of nitrogens with one attached hydrogen (secondary N) is 2. The molecular weight excluding hydrogens is 360 g/mol. The Morgan fingerprint density at radius 3 is 2.63 bits per heavy atom. The number of nitrogens with zero attached hydrogens (tertiary/aromatic N) is 1. The highest BCUT2D eigenvalue weighted by molar-refractivity contribution is 14.1. The maximum atomic E-state index is 13.2. The summed E-state index contributed by atoms with van der Waals surface area (Å²) in [6.45, 7) is 0. The van der Waals surface area contributed by atoms with Gasteiger partial charge in [0.1, 0.15) is 11.6 Å². The first kappa shape index (κ1) is 13.7. The van der Waals surface area contributed by atoms with E-state index in [0.717, 1.165) is 15.8 Å². The van der Waals surface area contributed by atoms with Gasteiger partial charge in [-0.05, 0) is 52.9 Å². The summed E-state index contributed by atoms with van der Waals surface area (Å²) in [6.07, 6.45) is 1.06. The normalized spacial score (nSPS) is 10.1. The minimum Gasteiger partial charge on any atom is -0.372 e. The quantitative estimate of drug-likeness (QED) is 0.816. The Labute approximate surface area is 123 Å². The van der Waals surface area contributed by atoms with Crippen LogP contribution in [0, 0.1) is 9.39 Å². The Bertz CT molecular complexity index is 601. The van der Waals surface area contributed by atoms with Crippen LogP contribution in [0.3, 0.4) is 0 Å². The van der Waals surface area contributed by atoms with Gasteiger partial charge in [0.05, 0.1) is 11.8 Å². The van der Waals surface area contributed by atoms with E-state index in [4.69, 9.17) is 0 Å². The van der Waals surface area contributed by atoms with Crippen LogP contribution >= 0.6 is 22.6 Å². The van der Waals surface area contributed by atoms with Gasteiger partial charge in [-0.3, -0.25) is 4.79 Å². The number of pyridine rings is 1.